The number of amides is 1. The molecule has 11 nitrogen and oxygen atoms in total. The van der Waals surface area contributed by atoms with E-state index in [1.54, 1.807) is 6.21 Å². The minimum atomic E-state index is -0.453. The van der Waals surface area contributed by atoms with E-state index in [0.717, 1.165) is 19.3 Å². The predicted octanol–water partition coefficient (Wildman–Crippen LogP) is 0.366. The molecule has 0 bridgehead atoms. The van der Waals surface area contributed by atoms with Crippen LogP contribution in [0.1, 0.15) is 35.4 Å². The summed E-state index contributed by atoms with van der Waals surface area (Å²) in [5.41, 5.74) is 8.88. The molecule has 0 spiro atoms. The highest BCUT2D eigenvalue weighted by atomic mass is 16.6. The second-order valence-electron chi connectivity index (χ2n) is 6.27. The molecule has 1 amide bonds. The molecule has 3 rings (SSSR count). The van der Waals surface area contributed by atoms with Crippen molar-refractivity contribution in [2.24, 2.45) is 11.0 Å². The monoisotopic (exact) mass is 359 g/mol. The van der Waals surface area contributed by atoms with Gasteiger partial charge in [-0.15, -0.1) is 5.10 Å². The average molecular weight is 359 g/mol. The molecule has 2 aromatic heterocycles. The Morgan fingerprint density at radius 1 is 1.50 bits per heavy atom. The number of rotatable bonds is 6. The number of anilines is 1. The number of hydrazone groups is 1. The molecule has 0 unspecified atom stereocenters. The lowest BCUT2D eigenvalue weighted by molar-refractivity contribution is 0.0948. The van der Waals surface area contributed by atoms with Gasteiger partial charge in [-0.3, -0.25) is 4.79 Å². The van der Waals surface area contributed by atoms with Crippen molar-refractivity contribution in [3.63, 3.8) is 0 Å². The van der Waals surface area contributed by atoms with E-state index in [2.05, 4.69) is 47.9 Å². The van der Waals surface area contributed by atoms with E-state index >= 15 is 0 Å². The van der Waals surface area contributed by atoms with Crippen molar-refractivity contribution in [3.8, 4) is 5.82 Å². The number of allylic oxidation sites excluding steroid dienone is 2. The van der Waals surface area contributed by atoms with Crippen molar-refractivity contribution in [1.82, 2.24) is 35.6 Å². The molecule has 2 heterocycles. The minimum Gasteiger partial charge on any atom is -0.378 e. The zero-order chi connectivity index (χ0) is 18.5. The molecular formula is C15H21N9O2. The van der Waals surface area contributed by atoms with Crippen molar-refractivity contribution in [2.75, 3.05) is 19.8 Å². The van der Waals surface area contributed by atoms with Gasteiger partial charge in [0.2, 0.25) is 11.6 Å². The number of carbonyl (C=O) groups excluding carboxylic acids is 1. The largest absolute Gasteiger partial charge is 0.378 e. The summed E-state index contributed by atoms with van der Waals surface area (Å²) in [6.07, 6.45) is 9.02. The number of nitrogens with two attached hydrogens (primary N) is 1. The summed E-state index contributed by atoms with van der Waals surface area (Å²) in [7, 11) is 3.72. The van der Waals surface area contributed by atoms with Crippen LogP contribution in [0.5, 0.6) is 0 Å². The van der Waals surface area contributed by atoms with Crippen molar-refractivity contribution >= 4 is 17.9 Å². The second kappa shape index (κ2) is 7.87. The zero-order valence-corrected chi connectivity index (χ0v) is 14.7. The molecule has 11 heteroatoms. The smallest absolute Gasteiger partial charge is 0.293 e. The molecule has 1 atom stereocenters. The fourth-order valence-corrected chi connectivity index (χ4v) is 2.63. The first-order valence-corrected chi connectivity index (χ1v) is 8.22. The summed E-state index contributed by atoms with van der Waals surface area (Å²) >= 11 is 0. The van der Waals surface area contributed by atoms with Crippen LogP contribution >= 0.6 is 0 Å². The molecule has 0 aliphatic heterocycles. The molecule has 0 saturated heterocycles. The topological polar surface area (TPSA) is 140 Å². The third-order valence-electron chi connectivity index (χ3n) is 3.90. The van der Waals surface area contributed by atoms with Gasteiger partial charge in [0, 0.05) is 12.8 Å². The summed E-state index contributed by atoms with van der Waals surface area (Å²) in [4.78, 5) is 14.4. The van der Waals surface area contributed by atoms with Gasteiger partial charge in [-0.2, -0.15) is 9.78 Å². The number of hydrogen-bond donors (Lipinski definition) is 2. The summed E-state index contributed by atoms with van der Waals surface area (Å²) < 4.78 is 5.95. The summed E-state index contributed by atoms with van der Waals surface area (Å²) in [5, 5.41) is 19.2. The Hall–Kier alpha value is -3.08. The molecule has 1 aliphatic rings. The van der Waals surface area contributed by atoms with Crippen molar-refractivity contribution in [2.45, 2.75) is 25.8 Å². The molecule has 0 fully saturated rings. The number of hydrogen-bond acceptors (Lipinski definition) is 9. The lowest BCUT2D eigenvalue weighted by Crippen LogP contribution is -2.23. The Balaban J connectivity index is 1.79. The summed E-state index contributed by atoms with van der Waals surface area (Å²) in [6.45, 7) is 0.388. The quantitative estimate of drug-likeness (QED) is 0.428. The average Bonchev–Trinajstić information content (AvgIpc) is 3.21. The third kappa shape index (κ3) is 3.94. The molecule has 138 valence electrons. The van der Waals surface area contributed by atoms with Crippen LogP contribution < -0.4 is 11.2 Å². The Morgan fingerprint density at radius 3 is 3.00 bits per heavy atom. The van der Waals surface area contributed by atoms with E-state index in [1.165, 1.54) is 4.68 Å². The van der Waals surface area contributed by atoms with E-state index in [0.29, 0.717) is 18.2 Å². The van der Waals surface area contributed by atoms with Crippen LogP contribution in [0, 0.1) is 5.92 Å². The molecule has 26 heavy (non-hydrogen) atoms. The SMILES string of the molecule is CN(C)Cc1c(C(=O)N/N=C\[C@@H]2CC=CCC2)nnn1-c1nonc1N. The first kappa shape index (κ1) is 17.7. The van der Waals surface area contributed by atoms with Crippen molar-refractivity contribution < 1.29 is 9.42 Å². The number of nitrogens with one attached hydrogen (secondary N) is 1. The van der Waals surface area contributed by atoms with Gasteiger partial charge in [0.05, 0.1) is 5.69 Å². The van der Waals surface area contributed by atoms with Crippen LogP contribution in [-0.2, 0) is 6.54 Å². The molecular weight excluding hydrogens is 338 g/mol. The number of carbonyl (C=O) groups is 1. The van der Waals surface area contributed by atoms with Crippen LogP contribution in [-0.4, -0.2) is 56.4 Å². The van der Waals surface area contributed by atoms with E-state index in [-0.39, 0.29) is 17.3 Å². The Kier molecular flexibility index (Phi) is 5.37. The Bertz CT molecular complexity index is 821. The number of nitrogen functional groups attached to an aromatic ring is 1. The number of aromatic nitrogens is 5. The highest BCUT2D eigenvalue weighted by molar-refractivity contribution is 5.93. The third-order valence-corrected chi connectivity index (χ3v) is 3.90. The van der Waals surface area contributed by atoms with Crippen LogP contribution in [0.15, 0.2) is 21.9 Å². The second-order valence-corrected chi connectivity index (χ2v) is 6.27. The van der Waals surface area contributed by atoms with Crippen molar-refractivity contribution in [1.29, 1.82) is 0 Å². The van der Waals surface area contributed by atoms with Crippen LogP contribution in [0.4, 0.5) is 5.82 Å². The van der Waals surface area contributed by atoms with Gasteiger partial charge in [0.1, 0.15) is 0 Å². The fraction of sp³-hybridized carbons (Fsp3) is 0.467. The number of nitrogens with zero attached hydrogens (tertiary/aromatic N) is 7. The zero-order valence-electron chi connectivity index (χ0n) is 14.7. The van der Waals surface area contributed by atoms with Crippen LogP contribution in [0.25, 0.3) is 5.82 Å². The maximum Gasteiger partial charge on any atom is 0.293 e. The highest BCUT2D eigenvalue weighted by Gasteiger charge is 2.24. The van der Waals surface area contributed by atoms with Crippen LogP contribution in [0.2, 0.25) is 0 Å². The molecule has 2 aromatic rings. The Labute approximate surface area is 149 Å². The van der Waals surface area contributed by atoms with Crippen LogP contribution in [0.3, 0.4) is 0 Å². The van der Waals surface area contributed by atoms with Gasteiger partial charge < -0.3 is 10.6 Å². The minimum absolute atomic E-state index is 0.0604. The van der Waals surface area contributed by atoms with Gasteiger partial charge in [-0.1, -0.05) is 17.4 Å². The molecule has 0 saturated carbocycles. The standard InChI is InChI=1S/C15H21N9O2/c1-23(2)9-11-12(18-22-24(11)14-13(16)20-26-21-14)15(25)19-17-8-10-6-4-3-5-7-10/h3-4,8,10H,5-7,9H2,1-2H3,(H2,16,20)(H,19,25)/b17-8-/t10-/m1/s1. The summed E-state index contributed by atoms with van der Waals surface area (Å²) in [6, 6.07) is 0. The first-order chi connectivity index (χ1) is 12.6. The molecule has 0 aromatic carbocycles. The van der Waals surface area contributed by atoms with E-state index in [1.807, 2.05) is 19.0 Å². The lowest BCUT2D eigenvalue weighted by Gasteiger charge is -2.12. The van der Waals surface area contributed by atoms with Gasteiger partial charge in [0.25, 0.3) is 5.91 Å². The lowest BCUT2D eigenvalue weighted by atomic mass is 9.96. The van der Waals surface area contributed by atoms with E-state index < -0.39 is 5.91 Å². The van der Waals surface area contributed by atoms with Gasteiger partial charge in [-0.05, 0) is 49.6 Å². The van der Waals surface area contributed by atoms with Gasteiger partial charge in [0.15, 0.2) is 5.69 Å². The van der Waals surface area contributed by atoms with E-state index in [9.17, 15) is 4.79 Å². The van der Waals surface area contributed by atoms with Gasteiger partial charge >= 0.3 is 0 Å². The molecule has 0 radical (unpaired) electrons. The maximum atomic E-state index is 12.5. The Morgan fingerprint density at radius 2 is 2.35 bits per heavy atom. The molecule has 3 N–H and O–H groups in total. The highest BCUT2D eigenvalue weighted by Crippen LogP contribution is 2.17. The first-order valence-electron chi connectivity index (χ1n) is 8.22. The van der Waals surface area contributed by atoms with Crippen molar-refractivity contribution in [3.05, 3.63) is 23.5 Å². The predicted molar refractivity (Wildman–Crippen MR) is 93.5 cm³/mol. The normalized spacial score (nSPS) is 17.3. The van der Waals surface area contributed by atoms with Gasteiger partial charge in [-0.25, -0.2) is 10.1 Å². The maximum absolute atomic E-state index is 12.5. The fourth-order valence-electron chi connectivity index (χ4n) is 2.63. The summed E-state index contributed by atoms with van der Waals surface area (Å²) in [5.74, 6) is 0.125. The molecule has 1 aliphatic carbocycles. The van der Waals surface area contributed by atoms with E-state index in [4.69, 9.17) is 5.73 Å².